The topological polar surface area (TPSA) is 201 Å². The van der Waals surface area contributed by atoms with Crippen molar-refractivity contribution in [3.63, 3.8) is 0 Å². The number of hydrogen-bond donors (Lipinski definition) is 5. The number of benzene rings is 2. The Bertz CT molecular complexity index is 1440. The molecule has 0 saturated carbocycles. The van der Waals surface area contributed by atoms with Crippen LogP contribution in [0.15, 0.2) is 60.7 Å². The second-order valence-electron chi connectivity index (χ2n) is 11.9. The van der Waals surface area contributed by atoms with Gasteiger partial charge in [-0.05, 0) is 63.1 Å². The summed E-state index contributed by atoms with van der Waals surface area (Å²) in [7, 11) is -4.69. The molecule has 0 aliphatic carbocycles. The molecule has 0 radical (unpaired) electrons. The van der Waals surface area contributed by atoms with Crippen molar-refractivity contribution in [2.24, 2.45) is 0 Å². The highest BCUT2D eigenvalue weighted by Gasteiger charge is 2.41. The number of ether oxygens (including phenoxy) is 1. The minimum absolute atomic E-state index is 0.0484. The number of hydrogen-bond acceptors (Lipinski definition) is 8. The minimum atomic E-state index is -4.69. The maximum Gasteiger partial charge on any atom is 0.407 e. The lowest BCUT2D eigenvalue weighted by Crippen LogP contribution is -2.50. The van der Waals surface area contributed by atoms with Gasteiger partial charge < -0.3 is 35.6 Å². The molecule has 14 nitrogen and oxygen atoms in total. The van der Waals surface area contributed by atoms with E-state index in [2.05, 4.69) is 16.0 Å². The quantitative estimate of drug-likeness (QED) is 0.104. The summed E-state index contributed by atoms with van der Waals surface area (Å²) in [6, 6.07) is 15.3. The average molecular weight is 703 g/mol. The molecule has 5 atom stereocenters. The fourth-order valence-electron chi connectivity index (χ4n) is 5.38. The highest BCUT2D eigenvalue weighted by molar-refractivity contribution is 7.53. The zero-order chi connectivity index (χ0) is 35.8. The number of nitrogens with one attached hydrogen (secondary N) is 3. The number of rotatable bonds is 19. The van der Waals surface area contributed by atoms with Gasteiger partial charge in [-0.3, -0.25) is 23.5 Å². The largest absolute Gasteiger partial charge is 0.480 e. The zero-order valence-corrected chi connectivity index (χ0v) is 28.8. The molecule has 5 N–H and O–H groups in total. The Hall–Kier alpha value is -4.26. The summed E-state index contributed by atoms with van der Waals surface area (Å²) in [6.45, 7) is 3.69. The Morgan fingerprint density at radius 3 is 2.29 bits per heavy atom. The van der Waals surface area contributed by atoms with Crippen LogP contribution in [0.4, 0.5) is 4.79 Å². The molecule has 0 spiro atoms. The van der Waals surface area contributed by atoms with Gasteiger partial charge in [0.05, 0.1) is 0 Å². The van der Waals surface area contributed by atoms with Gasteiger partial charge in [0.1, 0.15) is 30.6 Å². The first kappa shape index (κ1) is 39.2. The van der Waals surface area contributed by atoms with Crippen LogP contribution in [0.5, 0.6) is 0 Å². The van der Waals surface area contributed by atoms with Crippen LogP contribution in [0.1, 0.15) is 81.1 Å². The van der Waals surface area contributed by atoms with E-state index in [1.54, 1.807) is 30.3 Å². The lowest BCUT2D eigenvalue weighted by molar-refractivity contribution is -0.151. The van der Waals surface area contributed by atoms with Crippen molar-refractivity contribution in [1.82, 2.24) is 20.9 Å². The molecule has 268 valence electrons. The molecule has 1 heterocycles. The second-order valence-corrected chi connectivity index (χ2v) is 13.8. The summed E-state index contributed by atoms with van der Waals surface area (Å²) in [4.78, 5) is 75.5. The first-order valence-electron chi connectivity index (χ1n) is 16.6. The second kappa shape index (κ2) is 19.7. The van der Waals surface area contributed by atoms with Crippen LogP contribution in [-0.4, -0.2) is 81.7 Å². The van der Waals surface area contributed by atoms with Crippen LogP contribution in [0.25, 0.3) is 0 Å². The number of carbonyl (C=O) groups is 5. The molecule has 1 aliphatic rings. The normalized spacial score (nSPS) is 17.2. The van der Waals surface area contributed by atoms with Crippen molar-refractivity contribution in [1.29, 1.82) is 0 Å². The summed E-state index contributed by atoms with van der Waals surface area (Å²) in [5.41, 5.74) is 1.16. The first-order valence-corrected chi connectivity index (χ1v) is 18.2. The molecule has 2 unspecified atom stereocenters. The zero-order valence-electron chi connectivity index (χ0n) is 27.9. The molecule has 0 aromatic heterocycles. The van der Waals surface area contributed by atoms with Gasteiger partial charge in [-0.1, -0.05) is 68.3 Å². The van der Waals surface area contributed by atoms with E-state index in [1.165, 1.54) is 6.92 Å². The standard InChI is InChI=1S/C34H47N4O10P/c1-3-4-20-29(49(45,46)48-24(2)32(41)38-22-13-19-28(38)33(42)43)37-31(40)27(36-30(39)26-16-9-6-10-17-26)18-11-12-21-35-34(44)47-23-25-14-7-5-8-15-25/h5-10,14-17,24,27-29H,3-4,11-13,18-23H2,1-2H3,(H,35,44)(H,36,39)(H,37,40)(H,42,43)(H,45,46)/t24?,27-,28-,29-/m0/s1. The smallest absolute Gasteiger partial charge is 0.407 e. The van der Waals surface area contributed by atoms with Crippen molar-refractivity contribution in [3.05, 3.63) is 71.8 Å². The van der Waals surface area contributed by atoms with E-state index in [4.69, 9.17) is 9.26 Å². The maximum atomic E-state index is 13.6. The van der Waals surface area contributed by atoms with Crippen molar-refractivity contribution >= 4 is 37.4 Å². The van der Waals surface area contributed by atoms with Crippen LogP contribution >= 0.6 is 7.60 Å². The summed E-state index contributed by atoms with van der Waals surface area (Å²) < 4.78 is 24.2. The third kappa shape index (κ3) is 12.6. The Morgan fingerprint density at radius 1 is 0.959 bits per heavy atom. The molecule has 0 bridgehead atoms. The van der Waals surface area contributed by atoms with Gasteiger partial charge in [0.2, 0.25) is 5.91 Å². The molecule has 1 aliphatic heterocycles. The third-order valence-corrected chi connectivity index (χ3v) is 9.86. The Kier molecular flexibility index (Phi) is 15.7. The number of carboxylic acids is 1. The van der Waals surface area contributed by atoms with E-state index in [9.17, 15) is 38.5 Å². The van der Waals surface area contributed by atoms with Crippen molar-refractivity contribution in [3.8, 4) is 0 Å². The monoisotopic (exact) mass is 702 g/mol. The first-order chi connectivity index (χ1) is 23.4. The van der Waals surface area contributed by atoms with E-state index in [0.717, 1.165) is 10.5 Å². The maximum absolute atomic E-state index is 13.6. The number of unbranched alkanes of at least 4 members (excludes halogenated alkanes) is 2. The van der Waals surface area contributed by atoms with Crippen LogP contribution in [0.3, 0.4) is 0 Å². The summed E-state index contributed by atoms with van der Waals surface area (Å²) in [6.07, 6.45) is 0.808. The average Bonchev–Trinajstić information content (AvgIpc) is 3.59. The van der Waals surface area contributed by atoms with Gasteiger partial charge in [-0.15, -0.1) is 0 Å². The molecule has 1 saturated heterocycles. The number of alkyl carbamates (subject to hydrolysis) is 1. The van der Waals surface area contributed by atoms with E-state index in [0.29, 0.717) is 37.7 Å². The third-order valence-electron chi connectivity index (χ3n) is 8.07. The van der Waals surface area contributed by atoms with E-state index in [-0.39, 0.29) is 39.0 Å². The summed E-state index contributed by atoms with van der Waals surface area (Å²) in [5, 5.41) is 17.4. The van der Waals surface area contributed by atoms with Gasteiger partial charge >= 0.3 is 19.7 Å². The highest BCUT2D eigenvalue weighted by Crippen LogP contribution is 2.49. The number of amides is 4. The molecule has 2 aromatic carbocycles. The molecular formula is C34H47N4O10P. The molecule has 4 amide bonds. The Labute approximate surface area is 286 Å². The van der Waals surface area contributed by atoms with Crippen LogP contribution in [-0.2, 0) is 34.8 Å². The Morgan fingerprint density at radius 2 is 1.63 bits per heavy atom. The fourth-order valence-corrected chi connectivity index (χ4v) is 6.87. The molecule has 3 rings (SSSR count). The van der Waals surface area contributed by atoms with Gasteiger partial charge in [0.25, 0.3) is 11.8 Å². The van der Waals surface area contributed by atoms with Crippen LogP contribution in [0.2, 0.25) is 0 Å². The lowest BCUT2D eigenvalue weighted by atomic mass is 10.1. The van der Waals surface area contributed by atoms with Crippen molar-refractivity contribution in [2.45, 2.75) is 95.8 Å². The predicted molar refractivity (Wildman–Crippen MR) is 180 cm³/mol. The van der Waals surface area contributed by atoms with Crippen molar-refractivity contribution < 1.29 is 47.8 Å². The van der Waals surface area contributed by atoms with Gasteiger partial charge in [0, 0.05) is 18.7 Å². The predicted octanol–water partition coefficient (Wildman–Crippen LogP) is 4.18. The van der Waals surface area contributed by atoms with Gasteiger partial charge in [0.15, 0.2) is 0 Å². The summed E-state index contributed by atoms with van der Waals surface area (Å²) >= 11 is 0. The number of likely N-dealkylation sites (tertiary alicyclic amines) is 1. The minimum Gasteiger partial charge on any atom is -0.480 e. The van der Waals surface area contributed by atoms with E-state index in [1.807, 2.05) is 37.3 Å². The lowest BCUT2D eigenvalue weighted by Gasteiger charge is -2.30. The van der Waals surface area contributed by atoms with Gasteiger partial charge in [-0.2, -0.15) is 0 Å². The number of nitrogens with zero attached hydrogens (tertiary/aromatic N) is 1. The summed E-state index contributed by atoms with van der Waals surface area (Å²) in [5.74, 6) is -4.54. The van der Waals surface area contributed by atoms with E-state index >= 15 is 0 Å². The van der Waals surface area contributed by atoms with Crippen LogP contribution in [0, 0.1) is 0 Å². The van der Waals surface area contributed by atoms with E-state index < -0.39 is 61.4 Å². The molecule has 2 aromatic rings. The SMILES string of the molecule is CCCC[C@@H](NC(=O)[C@H](CCCCNC(=O)OCc1ccccc1)NC(=O)c1ccccc1)P(=O)(O)OC(C)C(=O)N1CCC[C@H]1C(=O)O. The number of carbonyl (C=O) groups excluding carboxylic acids is 4. The molecule has 1 fully saturated rings. The molecule has 49 heavy (non-hydrogen) atoms. The number of aliphatic carboxylic acids is 1. The van der Waals surface area contributed by atoms with Crippen molar-refractivity contribution in [2.75, 3.05) is 13.1 Å². The molecular weight excluding hydrogens is 655 g/mol. The Balaban J connectivity index is 1.64. The number of carboxylic acid groups (broad SMARTS) is 1. The van der Waals surface area contributed by atoms with Gasteiger partial charge in [-0.25, -0.2) is 9.59 Å². The van der Waals surface area contributed by atoms with Crippen LogP contribution < -0.4 is 16.0 Å². The highest BCUT2D eigenvalue weighted by atomic mass is 31.2. The molecule has 15 heteroatoms. The fraction of sp³-hybridized carbons (Fsp3) is 0.500.